The third-order valence-corrected chi connectivity index (χ3v) is 5.97. The molecule has 3 heterocycles. The fraction of sp³-hybridized carbons (Fsp3) is 0.526. The highest BCUT2D eigenvalue weighted by atomic mass is 16.2. The number of rotatable bonds is 3. The van der Waals surface area contributed by atoms with Crippen molar-refractivity contribution >= 4 is 5.91 Å². The van der Waals surface area contributed by atoms with Gasteiger partial charge in [0.2, 0.25) is 5.91 Å². The molecule has 2 atom stereocenters. The van der Waals surface area contributed by atoms with E-state index in [4.69, 9.17) is 5.73 Å². The number of imidazole rings is 1. The average molecular weight is 339 g/mol. The Kier molecular flexibility index (Phi) is 4.07. The van der Waals surface area contributed by atoms with Crippen molar-refractivity contribution in [3.8, 4) is 0 Å². The van der Waals surface area contributed by atoms with Gasteiger partial charge < -0.3 is 15.2 Å². The number of nitrogens with two attached hydrogens (primary N) is 1. The quantitative estimate of drug-likeness (QED) is 0.921. The Balaban J connectivity index is 1.61. The molecule has 25 heavy (non-hydrogen) atoms. The summed E-state index contributed by atoms with van der Waals surface area (Å²) in [6, 6.07) is 3.92. The summed E-state index contributed by atoms with van der Waals surface area (Å²) < 4.78 is 2.00. The molecular formula is C19H25N5O. The molecule has 1 saturated carbocycles. The number of nitrogens with zero attached hydrogens (tertiary/aromatic N) is 4. The zero-order valence-electron chi connectivity index (χ0n) is 14.6. The molecule has 2 aromatic rings. The predicted octanol–water partition coefficient (Wildman–Crippen LogP) is 1.58. The molecule has 2 N–H and O–H groups in total. The van der Waals surface area contributed by atoms with Gasteiger partial charge in [-0.3, -0.25) is 9.78 Å². The van der Waals surface area contributed by atoms with Gasteiger partial charge in [0.05, 0.1) is 11.7 Å². The summed E-state index contributed by atoms with van der Waals surface area (Å²) in [4.78, 5) is 24.0. The second-order valence-electron chi connectivity index (χ2n) is 7.44. The lowest BCUT2D eigenvalue weighted by molar-refractivity contribution is -0.136. The van der Waals surface area contributed by atoms with Crippen LogP contribution >= 0.6 is 0 Å². The first-order valence-electron chi connectivity index (χ1n) is 9.03. The Labute approximate surface area is 148 Å². The second kappa shape index (κ2) is 6.26. The van der Waals surface area contributed by atoms with Crippen LogP contribution < -0.4 is 5.73 Å². The Morgan fingerprint density at radius 3 is 2.68 bits per heavy atom. The van der Waals surface area contributed by atoms with Crippen LogP contribution in [0.2, 0.25) is 0 Å². The van der Waals surface area contributed by atoms with Gasteiger partial charge in [-0.1, -0.05) is 18.9 Å². The van der Waals surface area contributed by atoms with E-state index >= 15 is 0 Å². The van der Waals surface area contributed by atoms with Gasteiger partial charge in [0.25, 0.3) is 0 Å². The first-order chi connectivity index (χ1) is 12.1. The molecule has 2 aliphatic rings. The zero-order valence-corrected chi connectivity index (χ0v) is 14.6. The molecule has 0 bridgehead atoms. The van der Waals surface area contributed by atoms with E-state index in [0.717, 1.165) is 36.9 Å². The summed E-state index contributed by atoms with van der Waals surface area (Å²) in [6.07, 6.45) is 11.3. The molecule has 0 aromatic carbocycles. The van der Waals surface area contributed by atoms with Crippen LogP contribution in [0.15, 0.2) is 37.1 Å². The van der Waals surface area contributed by atoms with Crippen LogP contribution in [0.1, 0.15) is 42.9 Å². The summed E-state index contributed by atoms with van der Waals surface area (Å²) in [5, 5.41) is 0. The van der Waals surface area contributed by atoms with Crippen molar-refractivity contribution in [1.82, 2.24) is 19.4 Å². The van der Waals surface area contributed by atoms with E-state index in [1.54, 1.807) is 12.5 Å². The van der Waals surface area contributed by atoms with Gasteiger partial charge in [-0.2, -0.15) is 0 Å². The SMILES string of the molecule is Cn1cncc1[C@@H]1CN(C(=O)C2(c3cccnc3)CCCC2)C[C@H]1N. The standard InChI is InChI=1S/C19H25N5O/c1-23-13-22-10-17(23)15-11-24(12-16(15)20)18(25)19(6-2-3-7-19)14-5-4-8-21-9-14/h4-5,8-10,13,15-16H,2-3,6-7,11-12,20H2,1H3/t15-,16-/m1/s1. The number of likely N-dealkylation sites (tertiary alicyclic amines) is 1. The highest BCUT2D eigenvalue weighted by Gasteiger charge is 2.48. The van der Waals surface area contributed by atoms with Crippen molar-refractivity contribution in [2.75, 3.05) is 13.1 Å². The summed E-state index contributed by atoms with van der Waals surface area (Å²) in [6.45, 7) is 1.28. The third-order valence-electron chi connectivity index (χ3n) is 5.97. The molecule has 132 valence electrons. The maximum atomic E-state index is 13.5. The van der Waals surface area contributed by atoms with Crippen molar-refractivity contribution in [1.29, 1.82) is 0 Å². The van der Waals surface area contributed by atoms with E-state index in [0.29, 0.717) is 13.1 Å². The summed E-state index contributed by atoms with van der Waals surface area (Å²) >= 11 is 0. The Morgan fingerprint density at radius 2 is 2.04 bits per heavy atom. The molecule has 1 saturated heterocycles. The highest BCUT2D eigenvalue weighted by Crippen LogP contribution is 2.43. The van der Waals surface area contributed by atoms with Gasteiger partial charge in [0.15, 0.2) is 0 Å². The normalized spacial score (nSPS) is 25.4. The second-order valence-corrected chi connectivity index (χ2v) is 7.44. The van der Waals surface area contributed by atoms with Crippen LogP contribution in [0.25, 0.3) is 0 Å². The van der Waals surface area contributed by atoms with Crippen LogP contribution in [-0.4, -0.2) is 44.5 Å². The smallest absolute Gasteiger partial charge is 0.233 e. The molecule has 1 aliphatic carbocycles. The summed E-state index contributed by atoms with van der Waals surface area (Å²) in [5.41, 5.74) is 8.13. The number of carbonyl (C=O) groups excluding carboxylic acids is 1. The fourth-order valence-electron chi connectivity index (χ4n) is 4.59. The lowest BCUT2D eigenvalue weighted by Gasteiger charge is -2.32. The van der Waals surface area contributed by atoms with E-state index in [-0.39, 0.29) is 17.9 Å². The van der Waals surface area contributed by atoms with Crippen LogP contribution in [-0.2, 0) is 17.3 Å². The Hall–Kier alpha value is -2.21. The van der Waals surface area contributed by atoms with Crippen molar-refractivity contribution in [3.63, 3.8) is 0 Å². The largest absolute Gasteiger partial charge is 0.340 e. The molecular weight excluding hydrogens is 314 g/mol. The first-order valence-corrected chi connectivity index (χ1v) is 9.03. The van der Waals surface area contributed by atoms with Gasteiger partial charge in [-0.05, 0) is 24.5 Å². The van der Waals surface area contributed by atoms with Gasteiger partial charge in [0, 0.05) is 56.4 Å². The van der Waals surface area contributed by atoms with Crippen molar-refractivity contribution in [2.24, 2.45) is 12.8 Å². The van der Waals surface area contributed by atoms with Gasteiger partial charge >= 0.3 is 0 Å². The molecule has 0 radical (unpaired) electrons. The maximum absolute atomic E-state index is 13.5. The number of carbonyl (C=O) groups is 1. The molecule has 4 rings (SSSR count). The van der Waals surface area contributed by atoms with Crippen LogP contribution in [0.4, 0.5) is 0 Å². The van der Waals surface area contributed by atoms with Gasteiger partial charge in [0.1, 0.15) is 0 Å². The van der Waals surface area contributed by atoms with E-state index < -0.39 is 5.41 Å². The first kappa shape index (κ1) is 16.3. The number of hydrogen-bond acceptors (Lipinski definition) is 4. The molecule has 1 amide bonds. The van der Waals surface area contributed by atoms with E-state index in [1.165, 1.54) is 0 Å². The van der Waals surface area contributed by atoms with E-state index in [2.05, 4.69) is 9.97 Å². The monoisotopic (exact) mass is 339 g/mol. The van der Waals surface area contributed by atoms with Crippen LogP contribution in [0.3, 0.4) is 0 Å². The lowest BCUT2D eigenvalue weighted by Crippen LogP contribution is -2.45. The number of amides is 1. The zero-order chi connectivity index (χ0) is 17.4. The molecule has 2 fully saturated rings. The minimum absolute atomic E-state index is 0.0494. The van der Waals surface area contributed by atoms with E-state index in [1.807, 2.05) is 41.0 Å². The van der Waals surface area contributed by atoms with Crippen molar-refractivity contribution in [3.05, 3.63) is 48.3 Å². The van der Waals surface area contributed by atoms with E-state index in [9.17, 15) is 4.79 Å². The Morgan fingerprint density at radius 1 is 1.24 bits per heavy atom. The molecule has 6 nitrogen and oxygen atoms in total. The average Bonchev–Trinajstić information content (AvgIpc) is 3.35. The number of hydrogen-bond donors (Lipinski definition) is 1. The van der Waals surface area contributed by atoms with Gasteiger partial charge in [-0.25, -0.2) is 4.98 Å². The van der Waals surface area contributed by atoms with Crippen molar-refractivity contribution in [2.45, 2.75) is 43.1 Å². The van der Waals surface area contributed by atoms with Crippen LogP contribution in [0, 0.1) is 0 Å². The minimum Gasteiger partial charge on any atom is -0.340 e. The van der Waals surface area contributed by atoms with Crippen molar-refractivity contribution < 1.29 is 4.79 Å². The maximum Gasteiger partial charge on any atom is 0.233 e. The fourth-order valence-corrected chi connectivity index (χ4v) is 4.59. The topological polar surface area (TPSA) is 77.0 Å². The molecule has 0 spiro atoms. The van der Waals surface area contributed by atoms with Crippen LogP contribution in [0.5, 0.6) is 0 Å². The highest BCUT2D eigenvalue weighted by molar-refractivity contribution is 5.89. The summed E-state index contributed by atoms with van der Waals surface area (Å²) in [5.74, 6) is 0.363. The molecule has 2 aromatic heterocycles. The third kappa shape index (κ3) is 2.65. The predicted molar refractivity (Wildman–Crippen MR) is 94.9 cm³/mol. The number of aryl methyl sites for hydroxylation is 1. The molecule has 6 heteroatoms. The van der Waals surface area contributed by atoms with Gasteiger partial charge in [-0.15, -0.1) is 0 Å². The summed E-state index contributed by atoms with van der Waals surface area (Å²) in [7, 11) is 1.98. The molecule has 1 aliphatic heterocycles. The molecule has 0 unspecified atom stereocenters. The number of pyridine rings is 1. The minimum atomic E-state index is -0.421. The number of aromatic nitrogens is 3. The Bertz CT molecular complexity index is 750. The lowest BCUT2D eigenvalue weighted by atomic mass is 9.78.